The van der Waals surface area contributed by atoms with E-state index in [4.69, 9.17) is 9.47 Å². The van der Waals surface area contributed by atoms with Crippen LogP contribution in [0.2, 0.25) is 0 Å². The van der Waals surface area contributed by atoms with Gasteiger partial charge in [-0.15, -0.1) is 0 Å². The monoisotopic (exact) mass is 180 g/mol. The van der Waals surface area contributed by atoms with Crippen molar-refractivity contribution >= 4 is 0 Å². The van der Waals surface area contributed by atoms with E-state index in [2.05, 4.69) is 12.1 Å². The van der Waals surface area contributed by atoms with Gasteiger partial charge in [0.05, 0.1) is 0 Å². The molecule has 72 valence electrons. The molecule has 2 heteroatoms. The summed E-state index contributed by atoms with van der Waals surface area (Å²) in [5, 5.41) is 0. The molecule has 0 aliphatic rings. The van der Waals surface area contributed by atoms with E-state index in [0.717, 1.165) is 11.3 Å². The summed E-state index contributed by atoms with van der Waals surface area (Å²) >= 11 is 0. The Bertz CT molecular complexity index is 269. The molecular formula is C11H16O2. The summed E-state index contributed by atoms with van der Waals surface area (Å²) in [6.45, 7) is 7.05. The van der Waals surface area contributed by atoms with E-state index in [1.807, 2.05) is 26.8 Å². The van der Waals surface area contributed by atoms with E-state index in [-0.39, 0.29) is 0 Å². The minimum Gasteiger partial charge on any atom is -0.467 e. The molecule has 1 aromatic rings. The highest BCUT2D eigenvalue weighted by Crippen LogP contribution is 2.18. The molecule has 0 aromatic heterocycles. The fourth-order valence-corrected chi connectivity index (χ4v) is 1.05. The van der Waals surface area contributed by atoms with Gasteiger partial charge in [-0.05, 0) is 38.0 Å². The Morgan fingerprint density at radius 2 is 2.00 bits per heavy atom. The zero-order chi connectivity index (χ0) is 9.68. The first-order valence-electron chi connectivity index (χ1n) is 4.52. The van der Waals surface area contributed by atoms with Crippen LogP contribution in [-0.2, 0) is 4.74 Å². The molecule has 0 atom stereocenters. The first-order valence-corrected chi connectivity index (χ1v) is 4.52. The maximum absolute atomic E-state index is 5.44. The summed E-state index contributed by atoms with van der Waals surface area (Å²) in [6.07, 6.45) is 0. The lowest BCUT2D eigenvalue weighted by Gasteiger charge is -2.09. The number of benzene rings is 1. The van der Waals surface area contributed by atoms with E-state index in [1.165, 1.54) is 5.56 Å². The lowest BCUT2D eigenvalue weighted by atomic mass is 10.1. The average Bonchev–Trinajstić information content (AvgIpc) is 2.11. The molecule has 0 aliphatic heterocycles. The number of rotatable bonds is 4. The van der Waals surface area contributed by atoms with Crippen molar-refractivity contribution in [3.05, 3.63) is 29.3 Å². The second-order valence-electron chi connectivity index (χ2n) is 3.02. The van der Waals surface area contributed by atoms with Crippen molar-refractivity contribution in [3.8, 4) is 5.75 Å². The fourth-order valence-electron chi connectivity index (χ4n) is 1.05. The third kappa shape index (κ3) is 3.07. The van der Waals surface area contributed by atoms with Crippen LogP contribution in [0.5, 0.6) is 5.75 Å². The zero-order valence-corrected chi connectivity index (χ0v) is 8.46. The van der Waals surface area contributed by atoms with Crippen LogP contribution in [0, 0.1) is 13.8 Å². The van der Waals surface area contributed by atoms with Crippen molar-refractivity contribution in [2.24, 2.45) is 0 Å². The highest BCUT2D eigenvalue weighted by atomic mass is 16.7. The van der Waals surface area contributed by atoms with E-state index in [0.29, 0.717) is 13.4 Å². The van der Waals surface area contributed by atoms with Crippen LogP contribution in [0.4, 0.5) is 0 Å². The minimum absolute atomic E-state index is 0.334. The van der Waals surface area contributed by atoms with Gasteiger partial charge in [0.25, 0.3) is 0 Å². The summed E-state index contributed by atoms with van der Waals surface area (Å²) in [4.78, 5) is 0. The maximum Gasteiger partial charge on any atom is 0.189 e. The second kappa shape index (κ2) is 4.87. The standard InChI is InChI=1S/C11H16O2/c1-4-12-8-13-11-7-9(2)5-6-10(11)3/h5-7H,4,8H2,1-3H3. The van der Waals surface area contributed by atoms with E-state index in [1.54, 1.807) is 0 Å². The summed E-state index contributed by atoms with van der Waals surface area (Å²) in [5.74, 6) is 0.911. The van der Waals surface area contributed by atoms with Crippen molar-refractivity contribution < 1.29 is 9.47 Å². The van der Waals surface area contributed by atoms with Gasteiger partial charge in [-0.3, -0.25) is 0 Å². The Morgan fingerprint density at radius 3 is 2.69 bits per heavy atom. The van der Waals surface area contributed by atoms with Crippen LogP contribution >= 0.6 is 0 Å². The molecule has 0 aliphatic carbocycles. The molecule has 0 unspecified atom stereocenters. The summed E-state index contributed by atoms with van der Waals surface area (Å²) < 4.78 is 10.5. The van der Waals surface area contributed by atoms with E-state index in [9.17, 15) is 0 Å². The van der Waals surface area contributed by atoms with Crippen molar-refractivity contribution in [1.82, 2.24) is 0 Å². The Balaban J connectivity index is 2.59. The van der Waals surface area contributed by atoms with Gasteiger partial charge in [0, 0.05) is 6.61 Å². The molecule has 0 fully saturated rings. The van der Waals surface area contributed by atoms with Crippen molar-refractivity contribution in [1.29, 1.82) is 0 Å². The summed E-state index contributed by atoms with van der Waals surface area (Å²) in [7, 11) is 0. The number of hydrogen-bond acceptors (Lipinski definition) is 2. The first kappa shape index (κ1) is 10.1. The van der Waals surface area contributed by atoms with Crippen LogP contribution in [0.1, 0.15) is 18.1 Å². The topological polar surface area (TPSA) is 18.5 Å². The largest absolute Gasteiger partial charge is 0.467 e. The Labute approximate surface area is 79.5 Å². The highest BCUT2D eigenvalue weighted by Gasteiger charge is 1.98. The van der Waals surface area contributed by atoms with Gasteiger partial charge in [0.1, 0.15) is 5.75 Å². The molecule has 0 radical (unpaired) electrons. The van der Waals surface area contributed by atoms with Gasteiger partial charge in [-0.2, -0.15) is 0 Å². The molecule has 13 heavy (non-hydrogen) atoms. The molecule has 0 saturated carbocycles. The molecule has 0 bridgehead atoms. The van der Waals surface area contributed by atoms with Crippen molar-refractivity contribution in [2.45, 2.75) is 20.8 Å². The minimum atomic E-state index is 0.334. The smallest absolute Gasteiger partial charge is 0.189 e. The van der Waals surface area contributed by atoms with Gasteiger partial charge in [-0.25, -0.2) is 0 Å². The Morgan fingerprint density at radius 1 is 1.23 bits per heavy atom. The molecular weight excluding hydrogens is 164 g/mol. The molecule has 1 rings (SSSR count). The van der Waals surface area contributed by atoms with Crippen LogP contribution in [0.3, 0.4) is 0 Å². The molecule has 0 N–H and O–H groups in total. The van der Waals surface area contributed by atoms with Crippen molar-refractivity contribution in [2.75, 3.05) is 13.4 Å². The maximum atomic E-state index is 5.44. The Hall–Kier alpha value is -1.02. The fraction of sp³-hybridized carbons (Fsp3) is 0.455. The van der Waals surface area contributed by atoms with Gasteiger partial charge >= 0.3 is 0 Å². The number of ether oxygens (including phenoxy) is 2. The first-order chi connectivity index (χ1) is 6.24. The van der Waals surface area contributed by atoms with Crippen LogP contribution in [-0.4, -0.2) is 13.4 Å². The SMILES string of the molecule is CCOCOc1cc(C)ccc1C. The molecule has 0 heterocycles. The van der Waals surface area contributed by atoms with Crippen LogP contribution in [0.15, 0.2) is 18.2 Å². The van der Waals surface area contributed by atoms with Gasteiger partial charge in [-0.1, -0.05) is 12.1 Å². The van der Waals surface area contributed by atoms with Gasteiger partial charge in [0.15, 0.2) is 6.79 Å². The molecule has 0 saturated heterocycles. The van der Waals surface area contributed by atoms with Crippen LogP contribution < -0.4 is 4.74 Å². The van der Waals surface area contributed by atoms with Gasteiger partial charge < -0.3 is 9.47 Å². The lowest BCUT2D eigenvalue weighted by molar-refractivity contribution is 0.0220. The summed E-state index contributed by atoms with van der Waals surface area (Å²) in [6, 6.07) is 6.15. The number of hydrogen-bond donors (Lipinski definition) is 0. The highest BCUT2D eigenvalue weighted by molar-refractivity contribution is 5.35. The average molecular weight is 180 g/mol. The van der Waals surface area contributed by atoms with Crippen LogP contribution in [0.25, 0.3) is 0 Å². The molecule has 1 aromatic carbocycles. The summed E-state index contributed by atoms with van der Waals surface area (Å²) in [5.41, 5.74) is 2.35. The Kier molecular flexibility index (Phi) is 3.77. The zero-order valence-electron chi connectivity index (χ0n) is 8.46. The lowest BCUT2D eigenvalue weighted by Crippen LogP contribution is -2.03. The van der Waals surface area contributed by atoms with Gasteiger partial charge in [0.2, 0.25) is 0 Å². The molecule has 0 spiro atoms. The number of aryl methyl sites for hydroxylation is 2. The third-order valence-corrected chi connectivity index (χ3v) is 1.85. The predicted molar refractivity (Wildman–Crippen MR) is 53.0 cm³/mol. The quantitative estimate of drug-likeness (QED) is 0.524. The predicted octanol–water partition coefficient (Wildman–Crippen LogP) is 2.68. The van der Waals surface area contributed by atoms with E-state index < -0.39 is 0 Å². The van der Waals surface area contributed by atoms with E-state index >= 15 is 0 Å². The second-order valence-corrected chi connectivity index (χ2v) is 3.02. The third-order valence-electron chi connectivity index (χ3n) is 1.85. The molecule has 0 amide bonds. The van der Waals surface area contributed by atoms with Crippen molar-refractivity contribution in [3.63, 3.8) is 0 Å². The molecule has 2 nitrogen and oxygen atoms in total. The normalized spacial score (nSPS) is 10.1.